The molecule has 3 atom stereocenters. The summed E-state index contributed by atoms with van der Waals surface area (Å²) in [7, 11) is 0. The van der Waals surface area contributed by atoms with E-state index in [9.17, 15) is 5.11 Å². The van der Waals surface area contributed by atoms with Crippen LogP contribution in [0.1, 0.15) is 57.8 Å². The molecule has 3 rings (SSSR count). The van der Waals surface area contributed by atoms with Crippen molar-refractivity contribution >= 4 is 0 Å². The SMILES string of the molecule is OC(C1=CCCCCC1)C1C2CCCCC21. The third kappa shape index (κ3) is 1.95. The highest BCUT2D eigenvalue weighted by Gasteiger charge is 2.54. The van der Waals surface area contributed by atoms with E-state index >= 15 is 0 Å². The third-order valence-electron chi connectivity index (χ3n) is 5.04. The topological polar surface area (TPSA) is 20.2 Å². The van der Waals surface area contributed by atoms with E-state index < -0.39 is 0 Å². The summed E-state index contributed by atoms with van der Waals surface area (Å²) >= 11 is 0. The maximum atomic E-state index is 10.5. The van der Waals surface area contributed by atoms with Gasteiger partial charge in [-0.2, -0.15) is 0 Å². The van der Waals surface area contributed by atoms with Crippen molar-refractivity contribution in [1.29, 1.82) is 0 Å². The number of aliphatic hydroxyl groups excluding tert-OH is 1. The standard InChI is InChI=1S/C15H24O/c16-15(11-7-3-1-2-4-8-11)14-12-9-5-6-10-13(12)14/h7,12-16H,1-6,8-10H2. The van der Waals surface area contributed by atoms with E-state index in [0.29, 0.717) is 5.92 Å². The van der Waals surface area contributed by atoms with Crippen molar-refractivity contribution < 1.29 is 5.11 Å². The summed E-state index contributed by atoms with van der Waals surface area (Å²) in [5.74, 6) is 2.41. The lowest BCUT2D eigenvalue weighted by molar-refractivity contribution is 0.171. The lowest BCUT2D eigenvalue weighted by atomic mass is 9.99. The predicted molar refractivity (Wildman–Crippen MR) is 66.1 cm³/mol. The first-order valence-corrected chi connectivity index (χ1v) is 7.25. The molecule has 0 bridgehead atoms. The molecule has 3 aliphatic carbocycles. The monoisotopic (exact) mass is 220 g/mol. The Morgan fingerprint density at radius 1 is 1.00 bits per heavy atom. The lowest BCUT2D eigenvalue weighted by Gasteiger charge is -2.14. The molecule has 2 fully saturated rings. The van der Waals surface area contributed by atoms with E-state index in [1.807, 2.05) is 0 Å². The summed E-state index contributed by atoms with van der Waals surface area (Å²) < 4.78 is 0. The van der Waals surface area contributed by atoms with Crippen molar-refractivity contribution in [3.8, 4) is 0 Å². The van der Waals surface area contributed by atoms with Crippen molar-refractivity contribution in [3.63, 3.8) is 0 Å². The van der Waals surface area contributed by atoms with Gasteiger partial charge in [0.15, 0.2) is 0 Å². The molecule has 1 nitrogen and oxygen atoms in total. The third-order valence-corrected chi connectivity index (χ3v) is 5.04. The highest BCUT2D eigenvalue weighted by Crippen LogP contribution is 2.58. The van der Waals surface area contributed by atoms with Gasteiger partial charge in [-0.25, -0.2) is 0 Å². The molecule has 16 heavy (non-hydrogen) atoms. The molecule has 1 N–H and O–H groups in total. The fourth-order valence-electron chi connectivity index (χ4n) is 4.07. The molecular weight excluding hydrogens is 196 g/mol. The highest BCUT2D eigenvalue weighted by molar-refractivity contribution is 5.17. The van der Waals surface area contributed by atoms with Gasteiger partial charge >= 0.3 is 0 Å². The van der Waals surface area contributed by atoms with Gasteiger partial charge < -0.3 is 5.11 Å². The van der Waals surface area contributed by atoms with Crippen LogP contribution in [-0.4, -0.2) is 11.2 Å². The first-order chi connectivity index (χ1) is 7.88. The van der Waals surface area contributed by atoms with Crippen LogP contribution in [0.5, 0.6) is 0 Å². The minimum atomic E-state index is -0.0776. The van der Waals surface area contributed by atoms with E-state index in [4.69, 9.17) is 0 Å². The van der Waals surface area contributed by atoms with Crippen molar-refractivity contribution in [3.05, 3.63) is 11.6 Å². The van der Waals surface area contributed by atoms with E-state index in [1.165, 1.54) is 56.9 Å². The summed E-state index contributed by atoms with van der Waals surface area (Å²) in [4.78, 5) is 0. The zero-order valence-corrected chi connectivity index (χ0v) is 10.2. The number of hydrogen-bond donors (Lipinski definition) is 1. The number of aliphatic hydroxyl groups is 1. The molecule has 0 spiro atoms. The molecule has 1 heteroatoms. The van der Waals surface area contributed by atoms with Crippen LogP contribution in [-0.2, 0) is 0 Å². The molecule has 3 aliphatic rings. The zero-order valence-electron chi connectivity index (χ0n) is 10.2. The van der Waals surface area contributed by atoms with Crippen LogP contribution < -0.4 is 0 Å². The Hall–Kier alpha value is -0.300. The second kappa shape index (κ2) is 4.52. The largest absolute Gasteiger partial charge is 0.388 e. The number of rotatable bonds is 2. The molecular formula is C15H24O. The molecule has 0 aromatic carbocycles. The predicted octanol–water partition coefficient (Wildman–Crippen LogP) is 3.67. The molecule has 0 aromatic heterocycles. The smallest absolute Gasteiger partial charge is 0.0783 e. The fraction of sp³-hybridized carbons (Fsp3) is 0.867. The minimum absolute atomic E-state index is 0.0776. The van der Waals surface area contributed by atoms with E-state index in [2.05, 4.69) is 6.08 Å². The van der Waals surface area contributed by atoms with Gasteiger partial charge in [-0.1, -0.05) is 25.3 Å². The fourth-order valence-corrected chi connectivity index (χ4v) is 4.07. The molecule has 0 saturated heterocycles. The number of hydrogen-bond acceptors (Lipinski definition) is 1. The highest BCUT2D eigenvalue weighted by atomic mass is 16.3. The van der Waals surface area contributed by atoms with Gasteiger partial charge in [0.1, 0.15) is 0 Å². The Morgan fingerprint density at radius 3 is 2.50 bits per heavy atom. The first-order valence-electron chi connectivity index (χ1n) is 7.25. The average Bonchev–Trinajstić information content (AvgIpc) is 3.09. The Balaban J connectivity index is 1.64. The Bertz CT molecular complexity index is 269. The van der Waals surface area contributed by atoms with Gasteiger partial charge in [-0.3, -0.25) is 0 Å². The second-order valence-electron chi connectivity index (χ2n) is 6.01. The van der Waals surface area contributed by atoms with Gasteiger partial charge in [-0.15, -0.1) is 0 Å². The second-order valence-corrected chi connectivity index (χ2v) is 6.01. The summed E-state index contributed by atoms with van der Waals surface area (Å²) in [5.41, 5.74) is 1.39. The van der Waals surface area contributed by atoms with Crippen molar-refractivity contribution in [1.82, 2.24) is 0 Å². The summed E-state index contributed by atoms with van der Waals surface area (Å²) in [6.07, 6.45) is 14.2. The van der Waals surface area contributed by atoms with Crippen molar-refractivity contribution in [2.45, 2.75) is 63.9 Å². The molecule has 0 aliphatic heterocycles. The van der Waals surface area contributed by atoms with Gasteiger partial charge in [0.25, 0.3) is 0 Å². The molecule has 0 heterocycles. The van der Waals surface area contributed by atoms with Gasteiger partial charge in [-0.05, 0) is 61.9 Å². The normalized spacial score (nSPS) is 40.6. The van der Waals surface area contributed by atoms with Gasteiger partial charge in [0.05, 0.1) is 6.10 Å². The molecule has 0 radical (unpaired) electrons. The summed E-state index contributed by atoms with van der Waals surface area (Å²) in [6, 6.07) is 0. The van der Waals surface area contributed by atoms with Gasteiger partial charge in [0, 0.05) is 0 Å². The summed E-state index contributed by atoms with van der Waals surface area (Å²) in [5, 5.41) is 10.5. The Kier molecular flexibility index (Phi) is 3.06. The van der Waals surface area contributed by atoms with Crippen LogP contribution in [0.4, 0.5) is 0 Å². The number of fused-ring (bicyclic) bond motifs is 1. The van der Waals surface area contributed by atoms with Crippen molar-refractivity contribution in [2.24, 2.45) is 17.8 Å². The van der Waals surface area contributed by atoms with E-state index in [0.717, 1.165) is 18.3 Å². The lowest BCUT2D eigenvalue weighted by Crippen LogP contribution is -2.15. The minimum Gasteiger partial charge on any atom is -0.388 e. The van der Waals surface area contributed by atoms with Crippen LogP contribution in [0.3, 0.4) is 0 Å². The van der Waals surface area contributed by atoms with Crippen LogP contribution in [0.2, 0.25) is 0 Å². The molecule has 90 valence electrons. The van der Waals surface area contributed by atoms with E-state index in [-0.39, 0.29) is 6.10 Å². The Morgan fingerprint density at radius 2 is 1.75 bits per heavy atom. The van der Waals surface area contributed by atoms with Crippen LogP contribution >= 0.6 is 0 Å². The first kappa shape index (κ1) is 10.8. The van der Waals surface area contributed by atoms with Crippen LogP contribution in [0.25, 0.3) is 0 Å². The summed E-state index contributed by atoms with van der Waals surface area (Å²) in [6.45, 7) is 0. The van der Waals surface area contributed by atoms with Crippen LogP contribution in [0, 0.1) is 17.8 Å². The number of allylic oxidation sites excluding steroid dienone is 1. The maximum absolute atomic E-state index is 10.5. The van der Waals surface area contributed by atoms with Crippen LogP contribution in [0.15, 0.2) is 11.6 Å². The van der Waals surface area contributed by atoms with Gasteiger partial charge in [0.2, 0.25) is 0 Å². The molecule has 2 saturated carbocycles. The van der Waals surface area contributed by atoms with E-state index in [1.54, 1.807) is 0 Å². The quantitative estimate of drug-likeness (QED) is 0.704. The molecule has 0 aromatic rings. The molecule has 3 unspecified atom stereocenters. The maximum Gasteiger partial charge on any atom is 0.0783 e. The Labute approximate surface area is 98.9 Å². The molecule has 0 amide bonds. The average molecular weight is 220 g/mol. The van der Waals surface area contributed by atoms with Crippen molar-refractivity contribution in [2.75, 3.05) is 0 Å². The zero-order chi connectivity index (χ0) is 11.0.